The van der Waals surface area contributed by atoms with E-state index in [1.165, 1.54) is 148 Å². The summed E-state index contributed by atoms with van der Waals surface area (Å²) >= 11 is 0. The Hall–Kier alpha value is -2.95. The number of carbonyl (C=O) groups is 1. The summed E-state index contributed by atoms with van der Waals surface area (Å²) < 4.78 is 0. The second-order valence-corrected chi connectivity index (χ2v) is 19.0. The van der Waals surface area contributed by atoms with Gasteiger partial charge in [-0.15, -0.1) is 0 Å². The van der Waals surface area contributed by atoms with Gasteiger partial charge in [0.2, 0.25) is 5.91 Å². The molecule has 0 saturated heterocycles. The quantitative estimate of drug-likeness (QED) is 0.0420. The Kier molecular flexibility index (Phi) is 54.8. The van der Waals surface area contributed by atoms with Crippen LogP contribution in [0.4, 0.5) is 0 Å². The van der Waals surface area contributed by atoms with Crippen LogP contribution in [0.25, 0.3) is 0 Å². The number of unbranched alkanes of at least 4 members (excludes halogenated alkanes) is 28. The van der Waals surface area contributed by atoms with E-state index in [4.69, 9.17) is 0 Å². The van der Waals surface area contributed by atoms with Crippen molar-refractivity contribution in [3.8, 4) is 0 Å². The molecule has 0 bridgehead atoms. The maximum Gasteiger partial charge on any atom is 0.220 e. The number of amides is 1. The Morgan fingerprint density at radius 3 is 1.04 bits per heavy atom. The van der Waals surface area contributed by atoms with Gasteiger partial charge in [0.1, 0.15) is 0 Å². The van der Waals surface area contributed by atoms with Crippen LogP contribution >= 0.6 is 0 Å². The summed E-state index contributed by atoms with van der Waals surface area (Å²) in [4.78, 5) is 12.5. The minimum absolute atomic E-state index is 0.105. The van der Waals surface area contributed by atoms with E-state index in [9.17, 15) is 15.0 Å². The summed E-state index contributed by atoms with van der Waals surface area (Å²) in [5.41, 5.74) is 0. The van der Waals surface area contributed by atoms with Gasteiger partial charge in [-0.2, -0.15) is 0 Å². The smallest absolute Gasteiger partial charge is 0.220 e. The minimum atomic E-state index is -0.891. The molecule has 0 aromatic carbocycles. The molecule has 4 heteroatoms. The number of rotatable bonds is 51. The molecule has 0 fully saturated rings. The summed E-state index contributed by atoms with van der Waals surface area (Å²) in [6, 6.07) is -0.669. The van der Waals surface area contributed by atoms with Crippen LogP contribution in [0.1, 0.15) is 264 Å². The molecule has 0 aromatic heterocycles. The highest BCUT2D eigenvalue weighted by atomic mass is 16.3. The van der Waals surface area contributed by atoms with Crippen molar-refractivity contribution in [3.05, 3.63) is 109 Å². The van der Waals surface area contributed by atoms with Crippen molar-refractivity contribution in [3.63, 3.8) is 0 Å². The first-order valence-electron chi connectivity index (χ1n) is 28.6. The number of hydrogen-bond donors (Lipinski definition) is 3. The zero-order chi connectivity index (χ0) is 48.5. The molecular weight excluding hydrogens is 819 g/mol. The maximum atomic E-state index is 12.5. The lowest BCUT2D eigenvalue weighted by Crippen LogP contribution is -2.45. The van der Waals surface area contributed by atoms with Crippen LogP contribution in [-0.4, -0.2) is 34.9 Å². The third kappa shape index (κ3) is 53.9. The van der Waals surface area contributed by atoms with E-state index in [0.717, 1.165) is 96.3 Å². The molecule has 0 aliphatic rings. The summed E-state index contributed by atoms with van der Waals surface area (Å²) in [5, 5.41) is 23.1. The van der Waals surface area contributed by atoms with E-state index in [2.05, 4.69) is 116 Å². The molecule has 67 heavy (non-hydrogen) atoms. The fourth-order valence-corrected chi connectivity index (χ4v) is 8.16. The molecular formula is C63H109NO3. The van der Waals surface area contributed by atoms with Crippen LogP contribution < -0.4 is 5.32 Å². The van der Waals surface area contributed by atoms with Crippen molar-refractivity contribution in [2.75, 3.05) is 6.61 Å². The molecule has 0 saturated carbocycles. The number of aliphatic hydroxyl groups is 2. The molecule has 1 amide bonds. The zero-order valence-electron chi connectivity index (χ0n) is 44.1. The zero-order valence-corrected chi connectivity index (χ0v) is 44.1. The molecule has 0 rings (SSSR count). The molecule has 384 valence electrons. The number of allylic oxidation sites excluding steroid dienone is 17. The molecule has 3 N–H and O–H groups in total. The van der Waals surface area contributed by atoms with Gasteiger partial charge in [-0.05, 0) is 96.3 Å². The Bertz CT molecular complexity index is 1280. The molecule has 0 radical (unpaired) electrons. The largest absolute Gasteiger partial charge is 0.394 e. The van der Waals surface area contributed by atoms with E-state index in [0.29, 0.717) is 6.42 Å². The molecule has 2 unspecified atom stereocenters. The highest BCUT2D eigenvalue weighted by Gasteiger charge is 2.17. The Morgan fingerprint density at radius 2 is 0.672 bits per heavy atom. The van der Waals surface area contributed by atoms with Crippen LogP contribution in [0.5, 0.6) is 0 Å². The van der Waals surface area contributed by atoms with E-state index < -0.39 is 12.1 Å². The third-order valence-corrected chi connectivity index (χ3v) is 12.5. The summed E-state index contributed by atoms with van der Waals surface area (Å²) in [7, 11) is 0. The van der Waals surface area contributed by atoms with Crippen LogP contribution in [0.15, 0.2) is 109 Å². The fourth-order valence-electron chi connectivity index (χ4n) is 8.16. The maximum absolute atomic E-state index is 12.5. The first-order valence-corrected chi connectivity index (χ1v) is 28.6. The van der Waals surface area contributed by atoms with Gasteiger partial charge in [-0.3, -0.25) is 4.79 Å². The highest BCUT2D eigenvalue weighted by Crippen LogP contribution is 2.16. The molecule has 0 aliphatic carbocycles. The van der Waals surface area contributed by atoms with Gasteiger partial charge >= 0.3 is 0 Å². The predicted molar refractivity (Wildman–Crippen MR) is 299 cm³/mol. The molecule has 0 heterocycles. The van der Waals surface area contributed by atoms with Gasteiger partial charge in [0.15, 0.2) is 0 Å². The Morgan fingerprint density at radius 1 is 0.373 bits per heavy atom. The van der Waals surface area contributed by atoms with E-state index in [1.807, 2.05) is 6.08 Å². The van der Waals surface area contributed by atoms with Gasteiger partial charge in [0.25, 0.3) is 0 Å². The Balaban J connectivity index is 3.63. The average molecular weight is 929 g/mol. The molecule has 0 spiro atoms. The number of aliphatic hydroxyl groups excluding tert-OH is 2. The van der Waals surface area contributed by atoms with Crippen molar-refractivity contribution in [1.82, 2.24) is 5.32 Å². The summed E-state index contributed by atoms with van der Waals surface area (Å²) in [5.74, 6) is -0.105. The molecule has 4 nitrogen and oxygen atoms in total. The van der Waals surface area contributed by atoms with Crippen molar-refractivity contribution >= 4 is 5.91 Å². The lowest BCUT2D eigenvalue weighted by molar-refractivity contribution is -0.123. The topological polar surface area (TPSA) is 69.6 Å². The first kappa shape index (κ1) is 64.0. The predicted octanol–water partition coefficient (Wildman–Crippen LogP) is 19.1. The van der Waals surface area contributed by atoms with Gasteiger partial charge in [0, 0.05) is 6.42 Å². The second kappa shape index (κ2) is 57.4. The molecule has 0 aromatic rings. The van der Waals surface area contributed by atoms with E-state index >= 15 is 0 Å². The fraction of sp³-hybridized carbons (Fsp3) is 0.698. The van der Waals surface area contributed by atoms with Crippen LogP contribution in [0.2, 0.25) is 0 Å². The van der Waals surface area contributed by atoms with Crippen molar-refractivity contribution < 1.29 is 15.0 Å². The van der Waals surface area contributed by atoms with E-state index in [1.54, 1.807) is 6.08 Å². The van der Waals surface area contributed by atoms with Crippen LogP contribution in [-0.2, 0) is 4.79 Å². The number of carbonyl (C=O) groups excluding carboxylic acids is 1. The van der Waals surface area contributed by atoms with Crippen LogP contribution in [0.3, 0.4) is 0 Å². The van der Waals surface area contributed by atoms with Gasteiger partial charge in [-0.25, -0.2) is 0 Å². The molecule has 2 atom stereocenters. The van der Waals surface area contributed by atoms with Crippen molar-refractivity contribution in [1.29, 1.82) is 0 Å². The van der Waals surface area contributed by atoms with Gasteiger partial charge in [-0.1, -0.05) is 271 Å². The van der Waals surface area contributed by atoms with Gasteiger partial charge < -0.3 is 15.5 Å². The standard InChI is InChI=1S/C63H109NO3/c1-3-5-7-9-11-13-15-17-19-21-23-25-27-28-29-30-31-32-33-34-35-37-38-40-42-44-46-48-50-52-54-56-58-62(66)61(60-65)64-63(67)59-57-55-53-51-49-47-45-43-41-39-36-26-24-22-20-18-16-14-12-10-8-6-4-2/h6,8,12,14,18,20,24,26,39-42,45,47-48,50,56,58,61-62,65-66H,3-5,7,9-11,13,15-17,19,21-23,25,27-38,43-44,46,49,51-55,57,59-60H2,1-2H3,(H,64,67)/b8-6-,14-12-,20-18-,26-24-,41-39-,42-40+,47-45-,50-48+,58-56+. The number of hydrogen-bond acceptors (Lipinski definition) is 3. The van der Waals surface area contributed by atoms with E-state index in [-0.39, 0.29) is 12.5 Å². The number of nitrogens with one attached hydrogen (secondary N) is 1. The summed E-state index contributed by atoms with van der Waals surface area (Å²) in [6.45, 7) is 4.18. The lowest BCUT2D eigenvalue weighted by atomic mass is 10.0. The average Bonchev–Trinajstić information content (AvgIpc) is 3.33. The monoisotopic (exact) mass is 928 g/mol. The van der Waals surface area contributed by atoms with Crippen molar-refractivity contribution in [2.45, 2.75) is 276 Å². The Labute approximate surface area is 416 Å². The van der Waals surface area contributed by atoms with Gasteiger partial charge in [0.05, 0.1) is 18.8 Å². The highest BCUT2D eigenvalue weighted by molar-refractivity contribution is 5.76. The first-order chi connectivity index (χ1) is 33.2. The summed E-state index contributed by atoms with van der Waals surface area (Å²) in [6.07, 6.45) is 86.9. The normalized spacial score (nSPS) is 13.7. The van der Waals surface area contributed by atoms with Crippen molar-refractivity contribution in [2.24, 2.45) is 0 Å². The second-order valence-electron chi connectivity index (χ2n) is 19.0. The third-order valence-electron chi connectivity index (χ3n) is 12.5. The minimum Gasteiger partial charge on any atom is -0.394 e. The SMILES string of the molecule is CC/C=C\C/C=C\C/C=C\C/C=C\C/C=C\C/C=C\CCCCCCC(=O)NC(CO)C(O)/C=C/CC/C=C/CC/C=C/CCCCCCCCCCCCCCCCCCCCCCCC. The van der Waals surface area contributed by atoms with Crippen LogP contribution in [0, 0.1) is 0 Å². The molecule has 0 aliphatic heterocycles. The lowest BCUT2D eigenvalue weighted by Gasteiger charge is -2.19.